The van der Waals surface area contributed by atoms with Gasteiger partial charge in [-0.3, -0.25) is 0 Å². The molecule has 0 heterocycles. The lowest BCUT2D eigenvalue weighted by Gasteiger charge is -2.14. The van der Waals surface area contributed by atoms with Crippen LogP contribution in [-0.4, -0.2) is 6.66 Å². The number of rotatable bonds is 4. The minimum Gasteiger partial charge on any atom is -0.101 e. The van der Waals surface area contributed by atoms with Gasteiger partial charge in [0.1, 0.15) is 0 Å². The van der Waals surface area contributed by atoms with Crippen molar-refractivity contribution >= 4 is 39.8 Å². The van der Waals surface area contributed by atoms with Gasteiger partial charge in [0.25, 0.3) is 0 Å². The fourth-order valence-corrected chi connectivity index (χ4v) is 5.00. The Hall–Kier alpha value is -0.170. The first kappa shape index (κ1) is 14.2. The standard InChI is InChI=1S/C15H15Br2P/c1-18(10-12-6-2-4-8-14(12)16)11-13-7-3-5-9-15(13)17/h2-9H,10-11H2,1H3. The average Bonchev–Trinajstić information content (AvgIpc) is 2.35. The minimum atomic E-state index is -0.0255. The van der Waals surface area contributed by atoms with E-state index >= 15 is 0 Å². The van der Waals surface area contributed by atoms with E-state index in [4.69, 9.17) is 0 Å². The Morgan fingerprint density at radius 1 is 0.778 bits per heavy atom. The monoisotopic (exact) mass is 384 g/mol. The van der Waals surface area contributed by atoms with Gasteiger partial charge in [0.2, 0.25) is 0 Å². The van der Waals surface area contributed by atoms with Crippen molar-refractivity contribution < 1.29 is 0 Å². The van der Waals surface area contributed by atoms with Crippen molar-refractivity contribution in [2.24, 2.45) is 0 Å². The van der Waals surface area contributed by atoms with Crippen molar-refractivity contribution in [3.8, 4) is 0 Å². The van der Waals surface area contributed by atoms with Gasteiger partial charge in [0, 0.05) is 8.95 Å². The molecule has 2 aromatic rings. The van der Waals surface area contributed by atoms with Crippen LogP contribution in [0.4, 0.5) is 0 Å². The highest BCUT2D eigenvalue weighted by Crippen LogP contribution is 2.42. The van der Waals surface area contributed by atoms with Crippen molar-refractivity contribution in [3.05, 3.63) is 68.6 Å². The molecule has 94 valence electrons. The van der Waals surface area contributed by atoms with Crippen LogP contribution in [-0.2, 0) is 12.3 Å². The van der Waals surface area contributed by atoms with Crippen LogP contribution in [0, 0.1) is 0 Å². The summed E-state index contributed by atoms with van der Waals surface area (Å²) in [6.45, 7) is 2.37. The first-order valence-electron chi connectivity index (χ1n) is 5.82. The second-order valence-corrected chi connectivity index (χ2v) is 8.41. The molecular formula is C15H15Br2P. The molecule has 0 fully saturated rings. The van der Waals surface area contributed by atoms with Crippen molar-refractivity contribution in [3.63, 3.8) is 0 Å². The molecule has 0 aromatic heterocycles. The Labute approximate surface area is 127 Å². The van der Waals surface area contributed by atoms with Crippen LogP contribution in [0.2, 0.25) is 0 Å². The molecule has 0 aliphatic carbocycles. The summed E-state index contributed by atoms with van der Waals surface area (Å²) in [6.07, 6.45) is 2.33. The van der Waals surface area contributed by atoms with Crippen LogP contribution < -0.4 is 0 Å². The minimum absolute atomic E-state index is 0.0255. The molecule has 3 heteroatoms. The molecule has 0 atom stereocenters. The molecule has 0 nitrogen and oxygen atoms in total. The zero-order valence-electron chi connectivity index (χ0n) is 10.2. The Bertz CT molecular complexity index is 478. The molecule has 0 saturated heterocycles. The molecule has 0 unspecified atom stereocenters. The van der Waals surface area contributed by atoms with Crippen molar-refractivity contribution in [1.82, 2.24) is 0 Å². The fourth-order valence-electron chi connectivity index (χ4n) is 1.89. The summed E-state index contributed by atoms with van der Waals surface area (Å²) in [5, 5.41) is 0. The molecule has 0 bridgehead atoms. The maximum atomic E-state index is 3.63. The lowest BCUT2D eigenvalue weighted by Crippen LogP contribution is -1.90. The van der Waals surface area contributed by atoms with Crippen LogP contribution in [0.5, 0.6) is 0 Å². The highest BCUT2D eigenvalue weighted by atomic mass is 79.9. The van der Waals surface area contributed by atoms with E-state index in [0.29, 0.717) is 0 Å². The van der Waals surface area contributed by atoms with E-state index in [2.05, 4.69) is 87.1 Å². The molecular weight excluding hydrogens is 371 g/mol. The van der Waals surface area contributed by atoms with E-state index in [-0.39, 0.29) is 7.92 Å². The number of halogens is 2. The topological polar surface area (TPSA) is 0 Å². The largest absolute Gasteiger partial charge is 0.101 e. The highest BCUT2D eigenvalue weighted by Gasteiger charge is 2.08. The van der Waals surface area contributed by atoms with Crippen LogP contribution in [0.3, 0.4) is 0 Å². The third-order valence-electron chi connectivity index (χ3n) is 2.80. The lowest BCUT2D eigenvalue weighted by molar-refractivity contribution is 1.30. The van der Waals surface area contributed by atoms with E-state index in [1.165, 1.54) is 20.1 Å². The molecule has 0 aliphatic heterocycles. The molecule has 2 aromatic carbocycles. The summed E-state index contributed by atoms with van der Waals surface area (Å²) >= 11 is 7.25. The Balaban J connectivity index is 2.04. The Morgan fingerprint density at radius 3 is 1.56 bits per heavy atom. The van der Waals surface area contributed by atoms with Gasteiger partial charge in [-0.1, -0.05) is 68.3 Å². The normalized spacial score (nSPS) is 10.9. The maximum Gasteiger partial charge on any atom is 0.0210 e. The van der Waals surface area contributed by atoms with Crippen LogP contribution >= 0.6 is 39.8 Å². The van der Waals surface area contributed by atoms with Crippen LogP contribution in [0.25, 0.3) is 0 Å². The van der Waals surface area contributed by atoms with Gasteiger partial charge in [-0.05, 0) is 42.2 Å². The summed E-state index contributed by atoms with van der Waals surface area (Å²) < 4.78 is 2.46. The zero-order valence-corrected chi connectivity index (χ0v) is 14.3. The summed E-state index contributed by atoms with van der Waals surface area (Å²) in [7, 11) is -0.0255. The molecule has 0 N–H and O–H groups in total. The third-order valence-corrected chi connectivity index (χ3v) is 6.10. The summed E-state index contributed by atoms with van der Waals surface area (Å²) in [5.74, 6) is 0. The quantitative estimate of drug-likeness (QED) is 0.564. The number of hydrogen-bond acceptors (Lipinski definition) is 0. The van der Waals surface area contributed by atoms with Crippen LogP contribution in [0.1, 0.15) is 11.1 Å². The van der Waals surface area contributed by atoms with Gasteiger partial charge in [-0.15, -0.1) is 7.92 Å². The van der Waals surface area contributed by atoms with E-state index in [1.54, 1.807) is 0 Å². The first-order chi connectivity index (χ1) is 8.66. The van der Waals surface area contributed by atoms with Crippen molar-refractivity contribution in [2.45, 2.75) is 12.3 Å². The third kappa shape index (κ3) is 3.91. The second-order valence-electron chi connectivity index (χ2n) is 4.36. The smallest absolute Gasteiger partial charge is 0.0210 e. The Kier molecular flexibility index (Phi) is 5.41. The summed E-state index contributed by atoms with van der Waals surface area (Å²) in [4.78, 5) is 0. The van der Waals surface area contributed by atoms with Gasteiger partial charge in [0.15, 0.2) is 0 Å². The molecule has 0 spiro atoms. The van der Waals surface area contributed by atoms with Crippen molar-refractivity contribution in [2.75, 3.05) is 6.66 Å². The number of hydrogen-bond donors (Lipinski definition) is 0. The average molecular weight is 386 g/mol. The second kappa shape index (κ2) is 6.84. The molecule has 0 saturated carbocycles. The van der Waals surface area contributed by atoms with Gasteiger partial charge in [-0.2, -0.15) is 0 Å². The van der Waals surface area contributed by atoms with Crippen LogP contribution in [0.15, 0.2) is 57.5 Å². The van der Waals surface area contributed by atoms with E-state index in [9.17, 15) is 0 Å². The van der Waals surface area contributed by atoms with E-state index < -0.39 is 0 Å². The van der Waals surface area contributed by atoms with Gasteiger partial charge < -0.3 is 0 Å². The predicted octanol–water partition coefficient (Wildman–Crippen LogP) is 6.02. The van der Waals surface area contributed by atoms with Crippen molar-refractivity contribution in [1.29, 1.82) is 0 Å². The molecule has 0 radical (unpaired) electrons. The SMILES string of the molecule is CP(Cc1ccccc1Br)Cc1ccccc1Br. The molecule has 2 rings (SSSR count). The Morgan fingerprint density at radius 2 is 1.17 bits per heavy atom. The lowest BCUT2D eigenvalue weighted by atomic mass is 10.2. The fraction of sp³-hybridized carbons (Fsp3) is 0.200. The van der Waals surface area contributed by atoms with Gasteiger partial charge in [0.05, 0.1) is 0 Å². The summed E-state index contributed by atoms with van der Waals surface area (Å²) in [5.41, 5.74) is 2.83. The molecule has 18 heavy (non-hydrogen) atoms. The van der Waals surface area contributed by atoms with Gasteiger partial charge in [-0.25, -0.2) is 0 Å². The first-order valence-corrected chi connectivity index (χ1v) is 9.56. The van der Waals surface area contributed by atoms with E-state index in [1.807, 2.05) is 0 Å². The zero-order chi connectivity index (χ0) is 13.0. The van der Waals surface area contributed by atoms with Gasteiger partial charge >= 0.3 is 0 Å². The molecule has 0 amide bonds. The predicted molar refractivity (Wildman–Crippen MR) is 88.5 cm³/mol. The highest BCUT2D eigenvalue weighted by molar-refractivity contribution is 9.10. The molecule has 0 aliphatic rings. The summed E-state index contributed by atoms with van der Waals surface area (Å²) in [6, 6.07) is 17.0. The van der Waals surface area contributed by atoms with E-state index in [0.717, 1.165) is 12.3 Å². The number of benzene rings is 2. The maximum absolute atomic E-state index is 3.63.